The zero-order valence-corrected chi connectivity index (χ0v) is 3.51. The van der Waals surface area contributed by atoms with Gasteiger partial charge < -0.3 is 0 Å². The standard InChI is InChI=1S/C2H4F2P/c3-1-5-2-4/h1-2H2. The molecule has 0 aromatic rings. The molecule has 0 aliphatic heterocycles. The number of hydrogen-bond donors (Lipinski definition) is 0. The summed E-state index contributed by atoms with van der Waals surface area (Å²) in [6.07, 6.45) is -1.12. The summed E-state index contributed by atoms with van der Waals surface area (Å²) in [4.78, 5) is 0. The van der Waals surface area contributed by atoms with Gasteiger partial charge in [-0.3, -0.25) is 0 Å². The summed E-state index contributed by atoms with van der Waals surface area (Å²) < 4.78 is 21.5. The van der Waals surface area contributed by atoms with Crippen LogP contribution in [0.5, 0.6) is 0 Å². The largest absolute Gasteiger partial charge is 0.246 e. The zero-order chi connectivity index (χ0) is 4.12. The maximum absolute atomic E-state index is 10.7. The van der Waals surface area contributed by atoms with Crippen LogP contribution in [0.25, 0.3) is 0 Å². The van der Waals surface area contributed by atoms with Crippen LogP contribution < -0.4 is 0 Å². The molecule has 0 bridgehead atoms. The molecule has 0 saturated heterocycles. The predicted octanol–water partition coefficient (Wildman–Crippen LogP) is 1.79. The molecule has 1 radical (unpaired) electrons. The highest BCUT2D eigenvalue weighted by molar-refractivity contribution is 7.37. The van der Waals surface area contributed by atoms with Crippen LogP contribution in [-0.4, -0.2) is 12.8 Å². The van der Waals surface area contributed by atoms with Gasteiger partial charge in [0.05, 0.1) is 0 Å². The number of hydrogen-bond acceptors (Lipinski definition) is 0. The molecular formula is C2H4F2P. The first-order valence-corrected chi connectivity index (χ1v) is 2.43. The van der Waals surface area contributed by atoms with Gasteiger partial charge in [0, 0.05) is 0 Å². The Hall–Kier alpha value is 0.290. The zero-order valence-electron chi connectivity index (χ0n) is 2.62. The fourth-order valence-corrected chi connectivity index (χ4v) is 0.0958. The summed E-state index contributed by atoms with van der Waals surface area (Å²) in [5.41, 5.74) is 0. The van der Waals surface area contributed by atoms with Crippen molar-refractivity contribution in [2.75, 3.05) is 12.8 Å². The molecule has 0 aliphatic carbocycles. The Kier molecular flexibility index (Phi) is 4.54. The fraction of sp³-hybridized carbons (Fsp3) is 1.00. The van der Waals surface area contributed by atoms with E-state index in [1.165, 1.54) is 0 Å². The van der Waals surface area contributed by atoms with Crippen molar-refractivity contribution < 1.29 is 8.78 Å². The van der Waals surface area contributed by atoms with Crippen LogP contribution >= 0.6 is 8.58 Å². The first-order chi connectivity index (χ1) is 2.41. The topological polar surface area (TPSA) is 0 Å². The SMILES string of the molecule is FC[P]CF. The van der Waals surface area contributed by atoms with Gasteiger partial charge in [-0.15, -0.1) is 0 Å². The summed E-state index contributed by atoms with van der Waals surface area (Å²) in [6, 6.07) is 0. The lowest BCUT2D eigenvalue weighted by Gasteiger charge is -1.73. The number of rotatable bonds is 2. The van der Waals surface area contributed by atoms with E-state index in [2.05, 4.69) is 0 Å². The van der Waals surface area contributed by atoms with Gasteiger partial charge in [0.1, 0.15) is 12.8 Å². The molecule has 0 saturated carbocycles. The highest BCUT2D eigenvalue weighted by Crippen LogP contribution is 2.07. The lowest BCUT2D eigenvalue weighted by molar-refractivity contribution is 0.572. The molecule has 0 amide bonds. The van der Waals surface area contributed by atoms with E-state index < -0.39 is 12.8 Å². The van der Waals surface area contributed by atoms with Gasteiger partial charge in [-0.25, -0.2) is 8.78 Å². The summed E-state index contributed by atoms with van der Waals surface area (Å²) in [5.74, 6) is 0. The van der Waals surface area contributed by atoms with E-state index in [0.717, 1.165) is 0 Å². The van der Waals surface area contributed by atoms with Crippen molar-refractivity contribution in [2.45, 2.75) is 0 Å². The Labute approximate surface area is 31.4 Å². The minimum absolute atomic E-state index is 0.247. The van der Waals surface area contributed by atoms with Gasteiger partial charge in [0.2, 0.25) is 0 Å². The fourth-order valence-electron chi connectivity index (χ4n) is 0.0319. The van der Waals surface area contributed by atoms with E-state index in [1.807, 2.05) is 0 Å². The average molecular weight is 97.0 g/mol. The average Bonchev–Trinajstić information content (AvgIpc) is 1.41. The molecule has 0 rings (SSSR count). The van der Waals surface area contributed by atoms with E-state index >= 15 is 0 Å². The second-order valence-corrected chi connectivity index (χ2v) is 1.39. The minimum atomic E-state index is -0.559. The van der Waals surface area contributed by atoms with Crippen molar-refractivity contribution in [3.8, 4) is 0 Å². The number of alkyl halides is 2. The Bertz CT molecular complexity index is 15.1. The second kappa shape index (κ2) is 4.29. The molecule has 31 valence electrons. The first kappa shape index (κ1) is 5.29. The van der Waals surface area contributed by atoms with Crippen molar-refractivity contribution in [2.24, 2.45) is 0 Å². The van der Waals surface area contributed by atoms with E-state index in [0.29, 0.717) is 0 Å². The molecule has 3 heteroatoms. The second-order valence-electron chi connectivity index (χ2n) is 0.463. The Balaban J connectivity index is 2.19. The summed E-state index contributed by atoms with van der Waals surface area (Å²) in [7, 11) is 0.247. The van der Waals surface area contributed by atoms with Crippen LogP contribution in [-0.2, 0) is 0 Å². The van der Waals surface area contributed by atoms with Gasteiger partial charge in [0.25, 0.3) is 0 Å². The highest BCUT2D eigenvalue weighted by Gasteiger charge is 1.75. The van der Waals surface area contributed by atoms with E-state index in [1.54, 1.807) is 0 Å². The maximum atomic E-state index is 10.7. The van der Waals surface area contributed by atoms with Gasteiger partial charge in [-0.2, -0.15) is 0 Å². The molecule has 0 spiro atoms. The van der Waals surface area contributed by atoms with Crippen LogP contribution in [0.4, 0.5) is 8.78 Å². The molecule has 0 N–H and O–H groups in total. The van der Waals surface area contributed by atoms with E-state index in [9.17, 15) is 8.78 Å². The molecule has 0 unspecified atom stereocenters. The van der Waals surface area contributed by atoms with Crippen LogP contribution in [0.15, 0.2) is 0 Å². The molecule has 0 nitrogen and oxygen atoms in total. The van der Waals surface area contributed by atoms with Gasteiger partial charge in [-0.1, -0.05) is 0 Å². The third kappa shape index (κ3) is 4.29. The highest BCUT2D eigenvalue weighted by atomic mass is 31.1. The lowest BCUT2D eigenvalue weighted by Crippen LogP contribution is -1.54. The van der Waals surface area contributed by atoms with Gasteiger partial charge in [0.15, 0.2) is 0 Å². The smallest absolute Gasteiger partial charge is 0.115 e. The van der Waals surface area contributed by atoms with E-state index in [-0.39, 0.29) is 8.58 Å². The minimum Gasteiger partial charge on any atom is -0.246 e. The first-order valence-electron chi connectivity index (χ1n) is 1.17. The van der Waals surface area contributed by atoms with Crippen molar-refractivity contribution in [3.05, 3.63) is 0 Å². The maximum Gasteiger partial charge on any atom is 0.115 e. The third-order valence-corrected chi connectivity index (χ3v) is 0.507. The van der Waals surface area contributed by atoms with Crippen LogP contribution in [0.3, 0.4) is 0 Å². The Morgan fingerprint density at radius 1 is 1.20 bits per heavy atom. The van der Waals surface area contributed by atoms with Crippen LogP contribution in [0, 0.1) is 0 Å². The molecule has 5 heavy (non-hydrogen) atoms. The van der Waals surface area contributed by atoms with Crippen molar-refractivity contribution in [1.29, 1.82) is 0 Å². The van der Waals surface area contributed by atoms with E-state index in [4.69, 9.17) is 0 Å². The summed E-state index contributed by atoms with van der Waals surface area (Å²) in [5, 5.41) is 0. The Morgan fingerprint density at radius 2 is 1.60 bits per heavy atom. The predicted molar refractivity (Wildman–Crippen MR) is 18.9 cm³/mol. The van der Waals surface area contributed by atoms with Crippen molar-refractivity contribution in [1.82, 2.24) is 0 Å². The molecule has 0 fully saturated rings. The van der Waals surface area contributed by atoms with Crippen molar-refractivity contribution >= 4 is 8.58 Å². The van der Waals surface area contributed by atoms with Crippen LogP contribution in [0.2, 0.25) is 0 Å². The third-order valence-electron chi connectivity index (χ3n) is 0.169. The lowest BCUT2D eigenvalue weighted by atomic mass is 11.8. The van der Waals surface area contributed by atoms with Gasteiger partial charge in [-0.05, 0) is 8.58 Å². The molecule has 0 aromatic carbocycles. The van der Waals surface area contributed by atoms with Crippen LogP contribution in [0.1, 0.15) is 0 Å². The molecule has 0 heterocycles. The monoisotopic (exact) mass is 97.0 g/mol. The molecular weight excluding hydrogens is 93.0 g/mol. The quantitative estimate of drug-likeness (QED) is 0.461. The molecule has 0 aromatic heterocycles. The van der Waals surface area contributed by atoms with Crippen molar-refractivity contribution in [3.63, 3.8) is 0 Å². The summed E-state index contributed by atoms with van der Waals surface area (Å²) >= 11 is 0. The Morgan fingerprint density at radius 3 is 1.60 bits per heavy atom. The number of halogens is 2. The van der Waals surface area contributed by atoms with Gasteiger partial charge >= 0.3 is 0 Å². The molecule has 0 atom stereocenters. The summed E-state index contributed by atoms with van der Waals surface area (Å²) in [6.45, 7) is 0. The normalized spacial score (nSPS) is 8.40. The molecule has 0 aliphatic rings.